The number of rotatable bonds is 6. The van der Waals surface area contributed by atoms with Gasteiger partial charge in [-0.15, -0.1) is 10.2 Å². The minimum Gasteiger partial charge on any atom is -0.844 e. The van der Waals surface area contributed by atoms with E-state index in [0.29, 0.717) is 22.8 Å². The number of nitrogens with zero attached hydrogens (tertiary/aromatic N) is 5. The monoisotopic (exact) mass is 419 g/mol. The first-order valence-electron chi connectivity index (χ1n) is 9.91. The molecule has 7 nitrogen and oxygen atoms in total. The van der Waals surface area contributed by atoms with Crippen LogP contribution in [-0.2, 0) is 0 Å². The van der Waals surface area contributed by atoms with Crippen LogP contribution >= 0.6 is 0 Å². The maximum Gasteiger partial charge on any atom is 0.119 e. The number of aromatic nitrogens is 2. The smallest absolute Gasteiger partial charge is 0.119 e. The first kappa shape index (κ1) is 20.6. The second-order valence-corrected chi connectivity index (χ2v) is 6.59. The van der Waals surface area contributed by atoms with Gasteiger partial charge in [0.2, 0.25) is 0 Å². The molecule has 0 aliphatic rings. The first-order chi connectivity index (χ1) is 15.8. The molecule has 0 fully saturated rings. The maximum absolute atomic E-state index is 12.4. The van der Waals surface area contributed by atoms with E-state index in [1.807, 2.05) is 97.1 Å². The van der Waals surface area contributed by atoms with Crippen LogP contribution in [0.4, 0.5) is 0 Å². The number of hydrogen-bond donors (Lipinski definition) is 1. The average Bonchev–Trinajstić information content (AvgIpc) is 2.87. The molecule has 0 bridgehead atoms. The second-order valence-electron chi connectivity index (χ2n) is 6.59. The van der Waals surface area contributed by atoms with Crippen molar-refractivity contribution >= 4 is 17.4 Å². The molecule has 2 aromatic carbocycles. The summed E-state index contributed by atoms with van der Waals surface area (Å²) in [6, 6.07) is 29.2. The maximum atomic E-state index is 12.4. The Bertz CT molecular complexity index is 1140. The zero-order valence-corrected chi connectivity index (χ0v) is 17.0. The van der Waals surface area contributed by atoms with Gasteiger partial charge in [0, 0.05) is 23.5 Å². The Morgan fingerprint density at radius 2 is 1.09 bits per heavy atom. The van der Waals surface area contributed by atoms with Crippen LogP contribution in [0.5, 0.6) is 0 Å². The van der Waals surface area contributed by atoms with E-state index >= 15 is 0 Å². The molecule has 2 aromatic heterocycles. The molecule has 0 radical (unpaired) electrons. The molecular weight excluding hydrogens is 400 g/mol. The van der Waals surface area contributed by atoms with E-state index in [9.17, 15) is 5.11 Å². The summed E-state index contributed by atoms with van der Waals surface area (Å²) in [5.41, 5.74) is 6.30. The molecule has 0 aliphatic carbocycles. The number of nitrogens with one attached hydrogen (secondary N) is 1. The minimum absolute atomic E-state index is 0.485. The molecule has 4 rings (SSSR count). The third-order valence-corrected chi connectivity index (χ3v) is 4.41. The van der Waals surface area contributed by atoms with Crippen molar-refractivity contribution in [3.63, 3.8) is 0 Å². The summed E-state index contributed by atoms with van der Waals surface area (Å²) in [5, 5.41) is 24.7. The van der Waals surface area contributed by atoms with Gasteiger partial charge in [0.1, 0.15) is 11.4 Å². The quantitative estimate of drug-likeness (QED) is 0.295. The number of pyridine rings is 2. The van der Waals surface area contributed by atoms with Gasteiger partial charge in [-0.2, -0.15) is 5.10 Å². The van der Waals surface area contributed by atoms with E-state index in [2.05, 4.69) is 30.7 Å². The van der Waals surface area contributed by atoms with Crippen LogP contribution in [0.15, 0.2) is 125 Å². The van der Waals surface area contributed by atoms with Crippen LogP contribution in [-0.4, -0.2) is 27.4 Å². The molecule has 32 heavy (non-hydrogen) atoms. The molecule has 7 heteroatoms. The van der Waals surface area contributed by atoms with Gasteiger partial charge in [-0.3, -0.25) is 15.4 Å². The van der Waals surface area contributed by atoms with Crippen LogP contribution in [0.2, 0.25) is 0 Å². The predicted octanol–water partition coefficient (Wildman–Crippen LogP) is 2.99. The van der Waals surface area contributed by atoms with Crippen molar-refractivity contribution in [2.75, 3.05) is 0 Å². The summed E-state index contributed by atoms with van der Waals surface area (Å²) in [4.78, 5) is 8.67. The fourth-order valence-electron chi connectivity index (χ4n) is 2.95. The van der Waals surface area contributed by atoms with Gasteiger partial charge in [0.05, 0.1) is 17.4 Å². The lowest BCUT2D eigenvalue weighted by molar-refractivity contribution is -0.222. The zero-order valence-electron chi connectivity index (χ0n) is 17.0. The van der Waals surface area contributed by atoms with E-state index < -0.39 is 6.02 Å². The SMILES string of the molecule is [O-]C(=NN=C(c1ccccc1)c1ccccn1)NN=C(c1ccccc1)c1ccccn1. The normalized spacial score (nSPS) is 12.4. The van der Waals surface area contributed by atoms with Gasteiger partial charge in [-0.25, -0.2) is 0 Å². The van der Waals surface area contributed by atoms with Gasteiger partial charge in [0.15, 0.2) is 0 Å². The van der Waals surface area contributed by atoms with Crippen molar-refractivity contribution in [3.05, 3.63) is 132 Å². The molecule has 0 spiro atoms. The highest BCUT2D eigenvalue weighted by Gasteiger charge is 2.09. The van der Waals surface area contributed by atoms with E-state index in [1.165, 1.54) is 0 Å². The van der Waals surface area contributed by atoms with E-state index in [1.54, 1.807) is 12.4 Å². The molecule has 0 saturated carbocycles. The highest BCUT2D eigenvalue weighted by molar-refractivity contribution is 6.12. The van der Waals surface area contributed by atoms with Gasteiger partial charge >= 0.3 is 0 Å². The molecule has 0 aliphatic heterocycles. The summed E-state index contributed by atoms with van der Waals surface area (Å²) in [6.45, 7) is 0. The lowest BCUT2D eigenvalue weighted by Crippen LogP contribution is -2.32. The standard InChI is InChI=1S/C25H20N6O/c32-25(30-28-23(19-11-3-1-4-12-19)21-15-7-9-17-26-21)31-29-24(20-13-5-2-6-14-20)22-16-8-10-18-27-22/h1-18H,(H2,30,31,32)/p-1. The van der Waals surface area contributed by atoms with Crippen molar-refractivity contribution in [1.82, 2.24) is 15.4 Å². The molecule has 156 valence electrons. The summed E-state index contributed by atoms with van der Waals surface area (Å²) < 4.78 is 0. The van der Waals surface area contributed by atoms with Crippen molar-refractivity contribution in [3.8, 4) is 0 Å². The number of hydrogen-bond acceptors (Lipinski definition) is 6. The first-order valence-corrected chi connectivity index (χ1v) is 9.91. The Hall–Kier alpha value is -4.65. The fraction of sp³-hybridized carbons (Fsp3) is 0. The zero-order chi connectivity index (χ0) is 22.0. The van der Waals surface area contributed by atoms with Crippen LogP contribution in [0, 0.1) is 0 Å². The molecule has 0 atom stereocenters. The molecular formula is C25H19N6O-. The Kier molecular flexibility index (Phi) is 6.70. The van der Waals surface area contributed by atoms with Crippen LogP contribution < -0.4 is 10.5 Å². The fourth-order valence-corrected chi connectivity index (χ4v) is 2.95. The van der Waals surface area contributed by atoms with Crippen LogP contribution in [0.3, 0.4) is 0 Å². The lowest BCUT2D eigenvalue weighted by Gasteiger charge is -2.11. The van der Waals surface area contributed by atoms with Gasteiger partial charge in [-0.05, 0) is 24.3 Å². The van der Waals surface area contributed by atoms with Gasteiger partial charge in [-0.1, -0.05) is 72.8 Å². The Morgan fingerprint density at radius 3 is 1.62 bits per heavy atom. The Morgan fingerprint density at radius 1 is 0.594 bits per heavy atom. The van der Waals surface area contributed by atoms with Gasteiger partial charge in [0.25, 0.3) is 0 Å². The minimum atomic E-state index is -0.710. The molecule has 1 N–H and O–H groups in total. The highest BCUT2D eigenvalue weighted by atomic mass is 16.3. The third kappa shape index (κ3) is 5.28. The third-order valence-electron chi connectivity index (χ3n) is 4.41. The van der Waals surface area contributed by atoms with E-state index in [4.69, 9.17) is 0 Å². The van der Waals surface area contributed by atoms with Crippen molar-refractivity contribution < 1.29 is 5.11 Å². The van der Waals surface area contributed by atoms with Gasteiger partial charge < -0.3 is 5.11 Å². The van der Waals surface area contributed by atoms with Crippen molar-refractivity contribution in [2.45, 2.75) is 0 Å². The molecule has 0 amide bonds. The second kappa shape index (κ2) is 10.4. The van der Waals surface area contributed by atoms with Crippen molar-refractivity contribution in [1.29, 1.82) is 0 Å². The average molecular weight is 419 g/mol. The predicted molar refractivity (Wildman–Crippen MR) is 123 cm³/mol. The number of hydrazone groups is 1. The Labute approximate surface area is 185 Å². The van der Waals surface area contributed by atoms with Crippen LogP contribution in [0.25, 0.3) is 0 Å². The van der Waals surface area contributed by atoms with Crippen molar-refractivity contribution in [2.24, 2.45) is 15.3 Å². The Balaban J connectivity index is 1.65. The highest BCUT2D eigenvalue weighted by Crippen LogP contribution is 2.10. The van der Waals surface area contributed by atoms with Crippen LogP contribution in [0.1, 0.15) is 22.5 Å². The van der Waals surface area contributed by atoms with E-state index in [-0.39, 0.29) is 0 Å². The summed E-state index contributed by atoms with van der Waals surface area (Å²) in [5.74, 6) is 0. The molecule has 2 heterocycles. The topological polar surface area (TPSA) is 98.0 Å². The van der Waals surface area contributed by atoms with E-state index in [0.717, 1.165) is 11.1 Å². The number of benzene rings is 2. The summed E-state index contributed by atoms with van der Waals surface area (Å²) >= 11 is 0. The molecule has 4 aromatic rings. The number of amidine groups is 1. The lowest BCUT2D eigenvalue weighted by atomic mass is 10.1. The summed E-state index contributed by atoms with van der Waals surface area (Å²) in [6.07, 6.45) is 3.33. The molecule has 0 saturated heterocycles. The molecule has 0 unspecified atom stereocenters. The largest absolute Gasteiger partial charge is 0.844 e. The summed E-state index contributed by atoms with van der Waals surface area (Å²) in [7, 11) is 0.